The molecule has 57 heavy (non-hydrogen) atoms. The summed E-state index contributed by atoms with van der Waals surface area (Å²) in [7, 11) is 0. The SMILES string of the molecule is C1=C(c2ccc3sc4c(-n5c6ccccc6c6ccccc65)cccc4c3c2)CCc2sc3c(C4=NC(c5ccccc5)=NC(c5ccccc5)N4)cccc3c21. The van der Waals surface area contributed by atoms with Crippen LogP contribution in [0, 0.1) is 0 Å². The molecular weight excluding hydrogens is 733 g/mol. The molecule has 1 N–H and O–H groups in total. The normalized spacial score (nSPS) is 15.5. The Bertz CT molecular complexity index is 3270. The lowest BCUT2D eigenvalue weighted by molar-refractivity contribution is 0.674. The first kappa shape index (κ1) is 32.6. The van der Waals surface area contributed by atoms with Crippen molar-refractivity contribution < 1.29 is 0 Å². The van der Waals surface area contributed by atoms with E-state index in [1.54, 1.807) is 0 Å². The number of benzene rings is 7. The molecule has 0 amide bonds. The summed E-state index contributed by atoms with van der Waals surface area (Å²) in [5.41, 5.74) is 11.0. The van der Waals surface area contributed by atoms with Gasteiger partial charge in [0.05, 0.1) is 21.4 Å². The van der Waals surface area contributed by atoms with Gasteiger partial charge in [0.1, 0.15) is 12.0 Å². The van der Waals surface area contributed by atoms with E-state index in [4.69, 9.17) is 9.98 Å². The second kappa shape index (κ2) is 13.0. The molecule has 2 aliphatic rings. The van der Waals surface area contributed by atoms with Crippen LogP contribution in [0.1, 0.15) is 45.3 Å². The number of fused-ring (bicyclic) bond motifs is 9. The molecule has 0 fully saturated rings. The number of aliphatic imine (C=N–C) groups is 2. The number of aromatic nitrogens is 1. The fourth-order valence-corrected chi connectivity index (χ4v) is 11.4. The van der Waals surface area contributed by atoms with Crippen LogP contribution in [0.15, 0.2) is 174 Å². The first-order valence-electron chi connectivity index (χ1n) is 19.5. The molecule has 0 saturated heterocycles. The Morgan fingerprint density at radius 1 is 0.561 bits per heavy atom. The van der Waals surface area contributed by atoms with Crippen LogP contribution in [0.2, 0.25) is 0 Å². The van der Waals surface area contributed by atoms with Crippen molar-refractivity contribution in [2.24, 2.45) is 9.98 Å². The smallest absolute Gasteiger partial charge is 0.159 e. The number of hydrogen-bond donors (Lipinski definition) is 1. The molecule has 6 heteroatoms. The van der Waals surface area contributed by atoms with Crippen molar-refractivity contribution in [1.29, 1.82) is 0 Å². The van der Waals surface area contributed by atoms with E-state index >= 15 is 0 Å². The van der Waals surface area contributed by atoms with Gasteiger partial charge in [0, 0.05) is 52.3 Å². The Hall–Kier alpha value is -6.60. The quantitative estimate of drug-likeness (QED) is 0.186. The zero-order valence-electron chi connectivity index (χ0n) is 30.8. The van der Waals surface area contributed by atoms with Crippen molar-refractivity contribution in [1.82, 2.24) is 9.88 Å². The van der Waals surface area contributed by atoms with Crippen LogP contribution < -0.4 is 5.32 Å². The minimum Gasteiger partial charge on any atom is -0.344 e. The van der Waals surface area contributed by atoms with E-state index in [0.29, 0.717) is 0 Å². The molecule has 1 aliphatic heterocycles. The van der Waals surface area contributed by atoms with Crippen LogP contribution >= 0.6 is 22.7 Å². The van der Waals surface area contributed by atoms with Crippen LogP contribution in [-0.2, 0) is 6.42 Å². The molecule has 7 aromatic carbocycles. The molecule has 4 heterocycles. The molecule has 1 unspecified atom stereocenters. The lowest BCUT2D eigenvalue weighted by Gasteiger charge is -2.24. The average molecular weight is 767 g/mol. The number of hydrogen-bond acceptors (Lipinski definition) is 5. The maximum Gasteiger partial charge on any atom is 0.159 e. The van der Waals surface area contributed by atoms with E-state index in [0.717, 1.165) is 41.2 Å². The molecule has 10 aromatic rings. The van der Waals surface area contributed by atoms with Crippen LogP contribution in [0.3, 0.4) is 0 Å². The van der Waals surface area contributed by atoms with E-state index in [2.05, 4.69) is 155 Å². The summed E-state index contributed by atoms with van der Waals surface area (Å²) >= 11 is 3.81. The third-order valence-electron chi connectivity index (χ3n) is 11.6. The van der Waals surface area contributed by atoms with Gasteiger partial charge in [-0.25, -0.2) is 9.98 Å². The van der Waals surface area contributed by atoms with Gasteiger partial charge in [-0.15, -0.1) is 22.7 Å². The first-order chi connectivity index (χ1) is 28.2. The summed E-state index contributed by atoms with van der Waals surface area (Å²) in [6, 6.07) is 58.9. The zero-order valence-corrected chi connectivity index (χ0v) is 32.4. The van der Waals surface area contributed by atoms with Crippen LogP contribution in [-0.4, -0.2) is 16.2 Å². The highest BCUT2D eigenvalue weighted by Gasteiger charge is 2.25. The van der Waals surface area contributed by atoms with E-state index in [1.807, 2.05) is 46.9 Å². The predicted molar refractivity (Wildman–Crippen MR) is 244 cm³/mol. The number of aryl methyl sites for hydroxylation is 1. The van der Waals surface area contributed by atoms with Gasteiger partial charge < -0.3 is 9.88 Å². The third-order valence-corrected chi connectivity index (χ3v) is 14.1. The van der Waals surface area contributed by atoms with Crippen molar-refractivity contribution in [3.8, 4) is 5.69 Å². The maximum atomic E-state index is 5.16. The highest BCUT2D eigenvalue weighted by Crippen LogP contribution is 2.45. The molecular formula is C51H34N4S2. The first-order valence-corrected chi connectivity index (χ1v) is 21.1. The number of para-hydroxylation sites is 2. The molecule has 0 spiro atoms. The van der Waals surface area contributed by atoms with Crippen molar-refractivity contribution in [2.75, 3.05) is 0 Å². The Morgan fingerprint density at radius 3 is 2.07 bits per heavy atom. The summed E-state index contributed by atoms with van der Waals surface area (Å²) in [4.78, 5) is 11.7. The number of nitrogens with one attached hydrogen (secondary N) is 1. The maximum absolute atomic E-state index is 5.16. The fraction of sp³-hybridized carbons (Fsp3) is 0.0588. The number of nitrogens with zero attached hydrogens (tertiary/aromatic N) is 3. The lowest BCUT2D eigenvalue weighted by atomic mass is 9.91. The van der Waals surface area contributed by atoms with Crippen molar-refractivity contribution in [3.63, 3.8) is 0 Å². The predicted octanol–water partition coefficient (Wildman–Crippen LogP) is 13.3. The second-order valence-electron chi connectivity index (χ2n) is 14.9. The Morgan fingerprint density at radius 2 is 1.26 bits per heavy atom. The molecule has 0 bridgehead atoms. The van der Waals surface area contributed by atoms with Crippen LogP contribution in [0.4, 0.5) is 0 Å². The summed E-state index contributed by atoms with van der Waals surface area (Å²) in [6.07, 6.45) is 4.26. The Kier molecular flexibility index (Phi) is 7.43. The Labute approximate surface area is 337 Å². The van der Waals surface area contributed by atoms with Gasteiger partial charge in [0.25, 0.3) is 0 Å². The summed E-state index contributed by atoms with van der Waals surface area (Å²) in [5.74, 6) is 1.61. The third kappa shape index (κ3) is 5.25. The van der Waals surface area contributed by atoms with Crippen molar-refractivity contribution in [3.05, 3.63) is 196 Å². The van der Waals surface area contributed by atoms with E-state index in [9.17, 15) is 0 Å². The van der Waals surface area contributed by atoms with Crippen molar-refractivity contribution in [2.45, 2.75) is 19.0 Å². The molecule has 1 atom stereocenters. The van der Waals surface area contributed by atoms with E-state index in [-0.39, 0.29) is 6.17 Å². The van der Waals surface area contributed by atoms with Gasteiger partial charge >= 0.3 is 0 Å². The monoisotopic (exact) mass is 766 g/mol. The average Bonchev–Trinajstić information content (AvgIpc) is 3.96. The standard InChI is InChI=1S/C51H34N4S2/c1-3-13-31(14-4-1)49-52-50(32-15-5-2-6-16-32)54-51(53-49)39-21-11-19-37-40-29-33(25-27-45(40)56-47(37)39)34-26-28-46-41(30-34)38-20-12-24-44(48(38)57-46)55-42-22-9-7-17-35(42)36-18-8-10-23-43(36)55/h1-24,26,28-30,49H,25,27H2,(H,52,53,54). The highest BCUT2D eigenvalue weighted by molar-refractivity contribution is 7.26. The molecule has 3 aromatic heterocycles. The number of rotatable bonds is 5. The van der Waals surface area contributed by atoms with Crippen LogP contribution in [0.25, 0.3) is 69.4 Å². The highest BCUT2D eigenvalue weighted by atomic mass is 32.1. The molecule has 12 rings (SSSR count). The summed E-state index contributed by atoms with van der Waals surface area (Å²) < 4.78 is 6.36. The number of allylic oxidation sites excluding steroid dienone is 1. The largest absolute Gasteiger partial charge is 0.344 e. The van der Waals surface area contributed by atoms with Gasteiger partial charge in [-0.05, 0) is 77.6 Å². The van der Waals surface area contributed by atoms with Crippen LogP contribution in [0.5, 0.6) is 0 Å². The summed E-state index contributed by atoms with van der Waals surface area (Å²) in [6.45, 7) is 0. The minimum atomic E-state index is -0.230. The zero-order chi connectivity index (χ0) is 37.5. The molecule has 0 radical (unpaired) electrons. The number of thiophene rings is 2. The molecule has 1 aliphatic carbocycles. The number of amidine groups is 2. The Balaban J connectivity index is 0.948. The summed E-state index contributed by atoms with van der Waals surface area (Å²) in [5, 5.41) is 10.2. The van der Waals surface area contributed by atoms with Crippen molar-refractivity contribution >= 4 is 98.1 Å². The van der Waals surface area contributed by atoms with Gasteiger partial charge in [-0.2, -0.15) is 0 Å². The fourth-order valence-electron chi connectivity index (χ4n) is 8.89. The second-order valence-corrected chi connectivity index (χ2v) is 17.0. The molecule has 270 valence electrons. The molecule has 0 saturated carbocycles. The lowest BCUT2D eigenvalue weighted by Crippen LogP contribution is -2.33. The van der Waals surface area contributed by atoms with Gasteiger partial charge in [0.2, 0.25) is 0 Å². The van der Waals surface area contributed by atoms with E-state index < -0.39 is 0 Å². The minimum absolute atomic E-state index is 0.230. The van der Waals surface area contributed by atoms with Gasteiger partial charge in [-0.3, -0.25) is 0 Å². The topological polar surface area (TPSA) is 41.7 Å². The van der Waals surface area contributed by atoms with Gasteiger partial charge in [-0.1, -0.05) is 127 Å². The molecule has 4 nitrogen and oxygen atoms in total. The van der Waals surface area contributed by atoms with E-state index in [1.165, 1.54) is 79.3 Å². The van der Waals surface area contributed by atoms with Gasteiger partial charge in [0.15, 0.2) is 5.84 Å².